The highest BCUT2D eigenvalue weighted by Gasteiger charge is 2.28. The Labute approximate surface area is 106 Å². The van der Waals surface area contributed by atoms with Crippen molar-refractivity contribution in [1.82, 2.24) is 4.72 Å². The van der Waals surface area contributed by atoms with Crippen LogP contribution in [0.2, 0.25) is 0 Å². The minimum absolute atomic E-state index is 0.0115. The molecule has 17 heavy (non-hydrogen) atoms. The third kappa shape index (κ3) is 3.19. The molecule has 0 aliphatic heterocycles. The second-order valence-corrected chi connectivity index (χ2v) is 7.73. The summed E-state index contributed by atoms with van der Waals surface area (Å²) in [4.78, 5) is 0. The van der Waals surface area contributed by atoms with E-state index in [0.717, 1.165) is 11.5 Å². The number of hydrogen-bond donors (Lipinski definition) is 1. The molecule has 1 aromatic rings. The van der Waals surface area contributed by atoms with Crippen LogP contribution in [0.5, 0.6) is 0 Å². The Balaban J connectivity index is 1.98. The first kappa shape index (κ1) is 12.8. The van der Waals surface area contributed by atoms with E-state index in [-0.39, 0.29) is 10.8 Å². The van der Waals surface area contributed by atoms with Crippen molar-refractivity contribution in [1.29, 1.82) is 0 Å². The number of hydrogen-bond acceptors (Lipinski definition) is 2. The lowest BCUT2D eigenvalue weighted by Gasteiger charge is -2.20. The van der Waals surface area contributed by atoms with Crippen LogP contribution in [0.15, 0.2) is 16.5 Å². The van der Waals surface area contributed by atoms with Gasteiger partial charge in [-0.3, -0.25) is 0 Å². The average Bonchev–Trinajstić information content (AvgIpc) is 2.95. The summed E-state index contributed by atoms with van der Waals surface area (Å²) in [7, 11) is -1.06. The van der Waals surface area contributed by atoms with Crippen LogP contribution in [-0.2, 0) is 11.0 Å². The normalized spacial score (nSPS) is 20.2. The third-order valence-electron chi connectivity index (χ3n) is 2.89. The average molecular weight is 255 g/mol. The van der Waals surface area contributed by atoms with Crippen molar-refractivity contribution in [2.24, 2.45) is 0 Å². The van der Waals surface area contributed by atoms with Gasteiger partial charge in [-0.1, -0.05) is 0 Å². The fraction of sp³-hybridized carbons (Fsp3) is 0.692. The molecular weight excluding hydrogens is 234 g/mol. The van der Waals surface area contributed by atoms with E-state index in [2.05, 4.69) is 4.72 Å². The highest BCUT2D eigenvalue weighted by Crippen LogP contribution is 2.41. The fourth-order valence-corrected chi connectivity index (χ4v) is 2.37. The third-order valence-corrected chi connectivity index (χ3v) is 4.57. The lowest BCUT2D eigenvalue weighted by Crippen LogP contribution is -2.34. The van der Waals surface area contributed by atoms with Crippen LogP contribution in [-0.4, -0.2) is 8.96 Å². The van der Waals surface area contributed by atoms with E-state index in [1.165, 1.54) is 12.8 Å². The smallest absolute Gasteiger partial charge is 0.121 e. The van der Waals surface area contributed by atoms with Crippen LogP contribution >= 0.6 is 0 Å². The Kier molecular flexibility index (Phi) is 3.46. The van der Waals surface area contributed by atoms with Gasteiger partial charge in [0.2, 0.25) is 0 Å². The van der Waals surface area contributed by atoms with Crippen molar-refractivity contribution >= 4 is 11.0 Å². The lowest BCUT2D eigenvalue weighted by molar-refractivity contribution is 0.432. The molecular formula is C13H21NO2S. The van der Waals surface area contributed by atoms with Crippen molar-refractivity contribution in [2.45, 2.75) is 57.2 Å². The van der Waals surface area contributed by atoms with Crippen LogP contribution in [0.4, 0.5) is 0 Å². The minimum atomic E-state index is -1.06. The first-order valence-electron chi connectivity index (χ1n) is 6.15. The summed E-state index contributed by atoms with van der Waals surface area (Å²) < 4.78 is 20.6. The Morgan fingerprint density at radius 3 is 2.59 bits per heavy atom. The molecule has 0 bridgehead atoms. The monoisotopic (exact) mass is 255 g/mol. The molecule has 1 heterocycles. The Bertz CT molecular complexity index is 415. The minimum Gasteiger partial charge on any atom is -0.464 e. The van der Waals surface area contributed by atoms with Gasteiger partial charge in [0.05, 0.1) is 21.8 Å². The van der Waals surface area contributed by atoms with Crippen molar-refractivity contribution < 1.29 is 8.63 Å². The van der Waals surface area contributed by atoms with Gasteiger partial charge in [-0.2, -0.15) is 0 Å². The molecule has 0 amide bonds. The van der Waals surface area contributed by atoms with Gasteiger partial charge >= 0.3 is 0 Å². The van der Waals surface area contributed by atoms with E-state index in [9.17, 15) is 4.21 Å². The molecule has 0 unspecified atom stereocenters. The van der Waals surface area contributed by atoms with E-state index in [1.807, 2.05) is 39.8 Å². The van der Waals surface area contributed by atoms with Crippen LogP contribution in [0.3, 0.4) is 0 Å². The second kappa shape index (κ2) is 4.58. The van der Waals surface area contributed by atoms with E-state index in [1.54, 1.807) is 0 Å². The van der Waals surface area contributed by atoms with Crippen molar-refractivity contribution in [3.8, 4) is 0 Å². The maximum absolute atomic E-state index is 12.0. The molecule has 0 aromatic carbocycles. The van der Waals surface area contributed by atoms with Crippen molar-refractivity contribution in [3.05, 3.63) is 23.7 Å². The number of nitrogens with one attached hydrogen (secondary N) is 1. The van der Waals surface area contributed by atoms with Crippen LogP contribution in [0, 0.1) is 0 Å². The number of rotatable bonds is 4. The largest absolute Gasteiger partial charge is 0.464 e. The Hall–Kier alpha value is -0.610. The quantitative estimate of drug-likeness (QED) is 0.897. The highest BCUT2D eigenvalue weighted by molar-refractivity contribution is 7.84. The molecule has 2 atom stereocenters. The van der Waals surface area contributed by atoms with Gasteiger partial charge in [0.25, 0.3) is 0 Å². The highest BCUT2D eigenvalue weighted by atomic mass is 32.2. The molecule has 1 aliphatic rings. The lowest BCUT2D eigenvalue weighted by atomic mass is 10.3. The predicted octanol–water partition coefficient (Wildman–Crippen LogP) is 3.27. The molecule has 1 saturated carbocycles. The maximum Gasteiger partial charge on any atom is 0.121 e. The van der Waals surface area contributed by atoms with Gasteiger partial charge < -0.3 is 4.42 Å². The summed E-state index contributed by atoms with van der Waals surface area (Å²) in [5.74, 6) is 2.59. The topological polar surface area (TPSA) is 42.2 Å². The molecule has 0 radical (unpaired) electrons. The first-order chi connectivity index (χ1) is 7.88. The summed E-state index contributed by atoms with van der Waals surface area (Å²) in [5, 5.41) is 0. The molecule has 0 spiro atoms. The van der Waals surface area contributed by atoms with Crippen LogP contribution < -0.4 is 4.72 Å². The van der Waals surface area contributed by atoms with Crippen molar-refractivity contribution in [2.75, 3.05) is 0 Å². The van der Waals surface area contributed by atoms with Gasteiger partial charge in [-0.15, -0.1) is 0 Å². The van der Waals surface area contributed by atoms with Crippen LogP contribution in [0.1, 0.15) is 64.0 Å². The second-order valence-electron chi connectivity index (χ2n) is 5.74. The summed E-state index contributed by atoms with van der Waals surface area (Å²) >= 11 is 0. The first-order valence-corrected chi connectivity index (χ1v) is 7.30. The molecule has 1 fully saturated rings. The standard InChI is InChI=1S/C13H21NO2S/c1-9(14-17(15)13(2,3)4)11-7-8-12(16-11)10-5-6-10/h7-10,14H,5-6H2,1-4H3/t9-,17+/m1/s1. The molecule has 96 valence electrons. The zero-order valence-corrected chi connectivity index (χ0v) is 11.8. The summed E-state index contributed by atoms with van der Waals surface area (Å²) in [6, 6.07) is 4.03. The zero-order chi connectivity index (χ0) is 12.6. The molecule has 1 aliphatic carbocycles. The summed E-state index contributed by atoms with van der Waals surface area (Å²) in [6.07, 6.45) is 2.48. The van der Waals surface area contributed by atoms with Gasteiger partial charge in [0.1, 0.15) is 11.5 Å². The summed E-state index contributed by atoms with van der Waals surface area (Å²) in [6.45, 7) is 7.86. The number of furan rings is 1. The summed E-state index contributed by atoms with van der Waals surface area (Å²) in [5.41, 5.74) is 0. The van der Waals surface area contributed by atoms with E-state index >= 15 is 0 Å². The predicted molar refractivity (Wildman–Crippen MR) is 70.1 cm³/mol. The molecule has 0 saturated heterocycles. The van der Waals surface area contributed by atoms with E-state index in [4.69, 9.17) is 4.42 Å². The van der Waals surface area contributed by atoms with Gasteiger partial charge in [0, 0.05) is 5.92 Å². The van der Waals surface area contributed by atoms with Crippen LogP contribution in [0.25, 0.3) is 0 Å². The van der Waals surface area contributed by atoms with Crippen molar-refractivity contribution in [3.63, 3.8) is 0 Å². The fourth-order valence-electron chi connectivity index (χ4n) is 1.58. The van der Waals surface area contributed by atoms with Gasteiger partial charge in [0.15, 0.2) is 0 Å². The maximum atomic E-state index is 12.0. The SMILES string of the molecule is C[C@@H](N[S@@](=O)C(C)(C)C)c1ccc(C2CC2)o1. The van der Waals surface area contributed by atoms with E-state index < -0.39 is 11.0 Å². The molecule has 2 rings (SSSR count). The molecule has 1 N–H and O–H groups in total. The molecule has 3 nitrogen and oxygen atoms in total. The molecule has 4 heteroatoms. The Morgan fingerprint density at radius 1 is 1.41 bits per heavy atom. The van der Waals surface area contributed by atoms with E-state index in [0.29, 0.717) is 5.92 Å². The zero-order valence-electron chi connectivity index (χ0n) is 10.9. The Morgan fingerprint density at radius 2 is 2.06 bits per heavy atom. The molecule has 1 aromatic heterocycles. The van der Waals surface area contributed by atoms with Gasteiger partial charge in [-0.25, -0.2) is 8.93 Å². The van der Waals surface area contributed by atoms with Gasteiger partial charge in [-0.05, 0) is 52.7 Å².